The minimum Gasteiger partial charge on any atom is -0.490 e. The lowest BCUT2D eigenvalue weighted by Gasteiger charge is -2.35. The average molecular weight is 707 g/mol. The number of carbonyl (C=O) groups excluding carboxylic acids is 1. The third-order valence-corrected chi connectivity index (χ3v) is 11.9. The molecule has 4 rings (SSSR count). The van der Waals surface area contributed by atoms with Crippen molar-refractivity contribution in [1.29, 1.82) is 0 Å². The molecule has 0 aliphatic carbocycles. The van der Waals surface area contributed by atoms with E-state index in [4.69, 9.17) is 14.0 Å². The van der Waals surface area contributed by atoms with Crippen molar-refractivity contribution in [3.8, 4) is 5.75 Å². The van der Waals surface area contributed by atoms with Crippen LogP contribution in [0.25, 0.3) is 0 Å². The molecule has 0 unspecified atom stereocenters. The predicted molar refractivity (Wildman–Crippen MR) is 180 cm³/mol. The minimum atomic E-state index is -3.97. The number of sulfonamides is 2. The Balaban J connectivity index is 1.69. The Kier molecular flexibility index (Phi) is 12.3. The molecular weight excluding hydrogens is 661 g/mol. The van der Waals surface area contributed by atoms with Gasteiger partial charge in [0, 0.05) is 38.3 Å². The monoisotopic (exact) mass is 706 g/mol. The van der Waals surface area contributed by atoms with Gasteiger partial charge in [-0.15, -0.1) is 0 Å². The summed E-state index contributed by atoms with van der Waals surface area (Å²) in [7, 11) is -6.45. The molecule has 1 aliphatic rings. The molecule has 264 valence electrons. The lowest BCUT2D eigenvalue weighted by molar-refractivity contribution is -0.00835. The van der Waals surface area contributed by atoms with Gasteiger partial charge in [0.2, 0.25) is 10.0 Å². The number of likely N-dealkylation sites (N-methyl/N-ethyl adjacent to an activating group) is 1. The Morgan fingerprint density at radius 3 is 2.44 bits per heavy atom. The largest absolute Gasteiger partial charge is 0.490 e. The zero-order valence-electron chi connectivity index (χ0n) is 28.2. The number of nitrogens with one attached hydrogen (secondary N) is 1. The molecule has 0 saturated heterocycles. The second kappa shape index (κ2) is 15.8. The molecule has 0 bridgehead atoms. The van der Waals surface area contributed by atoms with Crippen molar-refractivity contribution in [2.75, 3.05) is 38.1 Å². The molecule has 1 amide bonds. The number of hydrogen-bond donors (Lipinski definition) is 2. The number of rotatable bonds is 9. The van der Waals surface area contributed by atoms with Crippen LogP contribution in [0, 0.1) is 19.8 Å². The highest BCUT2D eigenvalue weighted by Gasteiger charge is 2.34. The first-order chi connectivity index (χ1) is 22.6. The van der Waals surface area contributed by atoms with Crippen molar-refractivity contribution in [3.05, 3.63) is 65.5 Å². The van der Waals surface area contributed by atoms with Crippen molar-refractivity contribution in [2.24, 2.45) is 5.92 Å². The summed E-state index contributed by atoms with van der Waals surface area (Å²) in [5, 5.41) is 14.0. The molecule has 4 atom stereocenters. The predicted octanol–water partition coefficient (Wildman–Crippen LogP) is 4.21. The maximum Gasteiger partial charge on any atom is 0.261 e. The fourth-order valence-corrected chi connectivity index (χ4v) is 8.15. The van der Waals surface area contributed by atoms with Gasteiger partial charge in [-0.25, -0.2) is 16.8 Å². The topological polar surface area (TPSA) is 169 Å². The van der Waals surface area contributed by atoms with E-state index in [0.29, 0.717) is 19.4 Å². The highest BCUT2D eigenvalue weighted by Crippen LogP contribution is 2.30. The van der Waals surface area contributed by atoms with E-state index in [9.17, 15) is 26.7 Å². The summed E-state index contributed by atoms with van der Waals surface area (Å²) in [6.45, 7) is 8.66. The molecule has 13 nitrogen and oxygen atoms in total. The van der Waals surface area contributed by atoms with Gasteiger partial charge < -0.3 is 24.0 Å². The van der Waals surface area contributed by atoms with Gasteiger partial charge in [-0.1, -0.05) is 30.3 Å². The van der Waals surface area contributed by atoms with Crippen LogP contribution >= 0.6 is 0 Å². The van der Waals surface area contributed by atoms with Crippen LogP contribution in [0.4, 0.5) is 5.69 Å². The van der Waals surface area contributed by atoms with Gasteiger partial charge in [0.15, 0.2) is 5.76 Å². The maximum absolute atomic E-state index is 14.4. The Labute approximate surface area is 283 Å². The fraction of sp³-hybridized carbons (Fsp3) is 0.515. The van der Waals surface area contributed by atoms with Crippen molar-refractivity contribution in [3.63, 3.8) is 0 Å². The Hall–Kier alpha value is -3.50. The minimum absolute atomic E-state index is 0.00791. The molecule has 3 aromatic rings. The van der Waals surface area contributed by atoms with E-state index in [1.807, 2.05) is 13.8 Å². The van der Waals surface area contributed by atoms with Crippen molar-refractivity contribution in [2.45, 2.75) is 81.9 Å². The Morgan fingerprint density at radius 2 is 1.79 bits per heavy atom. The number of nitrogens with zero attached hydrogens (tertiary/aromatic N) is 3. The van der Waals surface area contributed by atoms with Crippen LogP contribution in [0.15, 0.2) is 62.8 Å². The molecule has 0 spiro atoms. The number of anilines is 1. The first-order valence-corrected chi connectivity index (χ1v) is 18.9. The Bertz CT molecular complexity index is 1740. The van der Waals surface area contributed by atoms with E-state index in [1.165, 1.54) is 34.5 Å². The Morgan fingerprint density at radius 1 is 1.08 bits per heavy atom. The van der Waals surface area contributed by atoms with E-state index in [0.717, 1.165) is 6.42 Å². The number of amides is 1. The zero-order valence-corrected chi connectivity index (χ0v) is 29.9. The van der Waals surface area contributed by atoms with Gasteiger partial charge in [0.1, 0.15) is 16.3 Å². The van der Waals surface area contributed by atoms with Crippen LogP contribution in [0.2, 0.25) is 0 Å². The summed E-state index contributed by atoms with van der Waals surface area (Å²) < 4.78 is 74.7. The number of aromatic nitrogens is 1. The summed E-state index contributed by atoms with van der Waals surface area (Å²) in [5.41, 5.74) is 0.545. The van der Waals surface area contributed by atoms with Gasteiger partial charge in [0.25, 0.3) is 15.9 Å². The third-order valence-electron chi connectivity index (χ3n) is 8.43. The SMILES string of the molecule is Cc1noc(C)c1S(=O)(=O)N(C)C[C@@H]1OCCCC[C@@H](C)Oc2ccc(NS(=O)(=O)c3ccccc3)cc2C(=O)N([C@H](C)CO)C[C@@H]1C. The second-order valence-corrected chi connectivity index (χ2v) is 16.0. The molecular formula is C33H46N4O9S2. The number of aliphatic hydroxyl groups is 1. The van der Waals surface area contributed by atoms with Crippen molar-refractivity contribution >= 4 is 31.6 Å². The lowest BCUT2D eigenvalue weighted by Crippen LogP contribution is -2.48. The molecule has 0 radical (unpaired) electrons. The van der Waals surface area contributed by atoms with Gasteiger partial charge in [-0.05, 0) is 77.3 Å². The fourth-order valence-electron chi connectivity index (χ4n) is 5.61. The maximum atomic E-state index is 14.4. The van der Waals surface area contributed by atoms with E-state index < -0.39 is 44.0 Å². The summed E-state index contributed by atoms with van der Waals surface area (Å²) in [6, 6.07) is 11.8. The number of aliphatic hydroxyl groups excluding tert-OH is 1. The second-order valence-electron chi connectivity index (χ2n) is 12.4. The molecule has 48 heavy (non-hydrogen) atoms. The summed E-state index contributed by atoms with van der Waals surface area (Å²) in [6.07, 6.45) is 1.19. The van der Waals surface area contributed by atoms with E-state index in [2.05, 4.69) is 9.88 Å². The van der Waals surface area contributed by atoms with E-state index in [-0.39, 0.29) is 64.0 Å². The molecule has 2 heterocycles. The molecule has 2 aromatic carbocycles. The number of hydrogen-bond acceptors (Lipinski definition) is 10. The van der Waals surface area contributed by atoms with Crippen LogP contribution in [0.1, 0.15) is 61.8 Å². The zero-order chi connectivity index (χ0) is 35.2. The molecule has 0 saturated carbocycles. The summed E-state index contributed by atoms with van der Waals surface area (Å²) in [4.78, 5) is 15.9. The van der Waals surface area contributed by atoms with Crippen LogP contribution in [0.5, 0.6) is 5.75 Å². The number of carbonyl (C=O) groups is 1. The summed E-state index contributed by atoms with van der Waals surface area (Å²) in [5.74, 6) is -0.406. The van der Waals surface area contributed by atoms with Crippen molar-refractivity contribution < 1.29 is 40.7 Å². The van der Waals surface area contributed by atoms with Crippen LogP contribution in [0.3, 0.4) is 0 Å². The van der Waals surface area contributed by atoms with Gasteiger partial charge in [0.05, 0.1) is 35.3 Å². The van der Waals surface area contributed by atoms with Crippen LogP contribution in [-0.2, 0) is 24.8 Å². The standard InChI is InChI=1S/C33H46N4O9S2/c1-22-19-37(23(2)21-38)33(39)29-18-27(35-47(40,41)28-13-8-7-9-14-28)15-16-30(29)45-24(3)12-10-11-17-44-31(22)20-36(6)48(42,43)32-25(4)34-46-26(32)5/h7-9,13-16,18,22-24,31,35,38H,10-12,17,19-21H2,1-6H3/t22-,23+,24+,31-/m0/s1. The van der Waals surface area contributed by atoms with Gasteiger partial charge in [-0.2, -0.15) is 4.31 Å². The highest BCUT2D eigenvalue weighted by molar-refractivity contribution is 7.92. The van der Waals surface area contributed by atoms with E-state index >= 15 is 0 Å². The molecule has 1 aromatic heterocycles. The van der Waals surface area contributed by atoms with Crippen LogP contribution in [-0.4, -0.2) is 93.8 Å². The number of aryl methyl sites for hydroxylation is 2. The van der Waals surface area contributed by atoms with Crippen LogP contribution < -0.4 is 9.46 Å². The number of fused-ring (bicyclic) bond motifs is 1. The number of ether oxygens (including phenoxy) is 2. The summed E-state index contributed by atoms with van der Waals surface area (Å²) >= 11 is 0. The third kappa shape index (κ3) is 8.74. The molecule has 2 N–H and O–H groups in total. The van der Waals surface area contributed by atoms with Gasteiger partial charge in [-0.3, -0.25) is 9.52 Å². The lowest BCUT2D eigenvalue weighted by atomic mass is 10.0. The normalized spacial score (nSPS) is 20.9. The average Bonchev–Trinajstić information content (AvgIpc) is 3.40. The van der Waals surface area contributed by atoms with Gasteiger partial charge >= 0.3 is 0 Å². The van der Waals surface area contributed by atoms with Crippen molar-refractivity contribution in [1.82, 2.24) is 14.4 Å². The molecule has 15 heteroatoms. The molecule has 0 fully saturated rings. The van der Waals surface area contributed by atoms with E-state index in [1.54, 1.807) is 51.1 Å². The number of benzene rings is 2. The molecule has 1 aliphatic heterocycles. The first-order valence-electron chi connectivity index (χ1n) is 16.0. The quantitative estimate of drug-likeness (QED) is 0.329. The smallest absolute Gasteiger partial charge is 0.261 e. The highest BCUT2D eigenvalue weighted by atomic mass is 32.2. The first kappa shape index (κ1) is 37.3.